The van der Waals surface area contributed by atoms with E-state index < -0.39 is 0 Å². The second-order valence-electron chi connectivity index (χ2n) is 5.59. The molecule has 2 atom stereocenters. The van der Waals surface area contributed by atoms with Crippen LogP contribution in [0.15, 0.2) is 35.3 Å². The number of aliphatic imine (C=N–C) groups is 1. The van der Waals surface area contributed by atoms with Gasteiger partial charge in [-0.1, -0.05) is 62.9 Å². The van der Waals surface area contributed by atoms with Crippen molar-refractivity contribution in [2.75, 3.05) is 12.3 Å². The summed E-state index contributed by atoms with van der Waals surface area (Å²) in [5.41, 5.74) is 1.37. The molecule has 104 valence electrons. The van der Waals surface area contributed by atoms with Gasteiger partial charge >= 0.3 is 0 Å². The summed E-state index contributed by atoms with van der Waals surface area (Å²) in [7, 11) is 0. The van der Waals surface area contributed by atoms with E-state index in [-0.39, 0.29) is 0 Å². The number of rotatable bonds is 4. The molecule has 0 radical (unpaired) electrons. The molecule has 1 N–H and O–H groups in total. The monoisotopic (exact) mass is 276 g/mol. The van der Waals surface area contributed by atoms with Crippen molar-refractivity contribution in [3.8, 4) is 0 Å². The SMILES string of the molecule is CC(CN=C1NC(C(C)C)CCS1)c1ccccc1. The van der Waals surface area contributed by atoms with Crippen LogP contribution in [0.5, 0.6) is 0 Å². The van der Waals surface area contributed by atoms with Crippen molar-refractivity contribution in [3.63, 3.8) is 0 Å². The third-order valence-corrected chi connectivity index (χ3v) is 4.62. The number of amidine groups is 1. The van der Waals surface area contributed by atoms with Crippen LogP contribution in [0.1, 0.15) is 38.7 Å². The van der Waals surface area contributed by atoms with Crippen molar-refractivity contribution in [2.24, 2.45) is 10.9 Å². The number of nitrogens with zero attached hydrogens (tertiary/aromatic N) is 1. The van der Waals surface area contributed by atoms with E-state index in [0.29, 0.717) is 17.9 Å². The van der Waals surface area contributed by atoms with Gasteiger partial charge in [0.2, 0.25) is 0 Å². The molecule has 0 aromatic heterocycles. The molecule has 1 aliphatic heterocycles. The van der Waals surface area contributed by atoms with Crippen molar-refractivity contribution in [1.82, 2.24) is 5.32 Å². The van der Waals surface area contributed by atoms with E-state index in [1.165, 1.54) is 17.7 Å². The van der Waals surface area contributed by atoms with Gasteiger partial charge in [-0.05, 0) is 17.9 Å². The molecule has 0 spiro atoms. The Morgan fingerprint density at radius 2 is 2.00 bits per heavy atom. The maximum atomic E-state index is 4.76. The standard InChI is InChI=1S/C16H24N2S/c1-12(2)15-9-10-19-16(18-15)17-11-13(3)14-7-5-4-6-8-14/h4-8,12-13,15H,9-11H2,1-3H3,(H,17,18). The van der Waals surface area contributed by atoms with E-state index in [9.17, 15) is 0 Å². The van der Waals surface area contributed by atoms with Crippen molar-refractivity contribution >= 4 is 16.9 Å². The Morgan fingerprint density at radius 1 is 1.26 bits per heavy atom. The Kier molecular flexibility index (Phi) is 5.32. The fourth-order valence-corrected chi connectivity index (χ4v) is 3.22. The lowest BCUT2D eigenvalue weighted by atomic mass is 10.0. The number of benzene rings is 1. The summed E-state index contributed by atoms with van der Waals surface area (Å²) in [6.45, 7) is 7.66. The topological polar surface area (TPSA) is 24.4 Å². The third-order valence-electron chi connectivity index (χ3n) is 3.66. The third kappa shape index (κ3) is 4.27. The first-order valence-electron chi connectivity index (χ1n) is 7.15. The van der Waals surface area contributed by atoms with Crippen molar-refractivity contribution in [2.45, 2.75) is 39.2 Å². The van der Waals surface area contributed by atoms with Gasteiger partial charge in [-0.15, -0.1) is 0 Å². The van der Waals surface area contributed by atoms with Crippen LogP contribution in [0.2, 0.25) is 0 Å². The normalized spacial score (nSPS) is 23.4. The van der Waals surface area contributed by atoms with Gasteiger partial charge in [0.1, 0.15) is 0 Å². The van der Waals surface area contributed by atoms with E-state index in [4.69, 9.17) is 4.99 Å². The van der Waals surface area contributed by atoms with Gasteiger partial charge in [0.05, 0.1) is 0 Å². The minimum atomic E-state index is 0.482. The van der Waals surface area contributed by atoms with Crippen molar-refractivity contribution < 1.29 is 0 Å². The highest BCUT2D eigenvalue weighted by atomic mass is 32.2. The predicted octanol–water partition coefficient (Wildman–Crippen LogP) is 3.90. The average molecular weight is 276 g/mol. The summed E-state index contributed by atoms with van der Waals surface area (Å²) in [5.74, 6) is 2.35. The highest BCUT2D eigenvalue weighted by Crippen LogP contribution is 2.20. The lowest BCUT2D eigenvalue weighted by Crippen LogP contribution is -2.41. The second kappa shape index (κ2) is 6.99. The van der Waals surface area contributed by atoms with Gasteiger partial charge < -0.3 is 5.32 Å². The van der Waals surface area contributed by atoms with Crippen LogP contribution in [0, 0.1) is 5.92 Å². The molecule has 0 saturated carbocycles. The summed E-state index contributed by atoms with van der Waals surface area (Å²) in [6.07, 6.45) is 1.25. The lowest BCUT2D eigenvalue weighted by Gasteiger charge is -2.28. The predicted molar refractivity (Wildman–Crippen MR) is 86.0 cm³/mol. The largest absolute Gasteiger partial charge is 0.362 e. The minimum Gasteiger partial charge on any atom is -0.362 e. The Bertz CT molecular complexity index is 414. The van der Waals surface area contributed by atoms with E-state index in [1.54, 1.807) is 0 Å². The van der Waals surface area contributed by atoms with Gasteiger partial charge in [0.15, 0.2) is 5.17 Å². The van der Waals surface area contributed by atoms with Gasteiger partial charge in [-0.25, -0.2) is 0 Å². The smallest absolute Gasteiger partial charge is 0.156 e. The van der Waals surface area contributed by atoms with Crippen LogP contribution in [0.4, 0.5) is 0 Å². The van der Waals surface area contributed by atoms with Crippen molar-refractivity contribution in [3.05, 3.63) is 35.9 Å². The van der Waals surface area contributed by atoms with Gasteiger partial charge in [0.25, 0.3) is 0 Å². The lowest BCUT2D eigenvalue weighted by molar-refractivity contribution is 0.442. The van der Waals surface area contributed by atoms with Crippen LogP contribution in [0.25, 0.3) is 0 Å². The Morgan fingerprint density at radius 3 is 2.68 bits per heavy atom. The number of thioether (sulfide) groups is 1. The van der Waals surface area contributed by atoms with Crippen LogP contribution in [-0.4, -0.2) is 23.5 Å². The molecular formula is C16H24N2S. The quantitative estimate of drug-likeness (QED) is 0.902. The Hall–Kier alpha value is -0.960. The molecule has 0 bridgehead atoms. The van der Waals surface area contributed by atoms with E-state index in [1.807, 2.05) is 11.8 Å². The van der Waals surface area contributed by atoms with Gasteiger partial charge in [0, 0.05) is 24.3 Å². The molecule has 2 unspecified atom stereocenters. The first-order valence-corrected chi connectivity index (χ1v) is 8.14. The van der Waals surface area contributed by atoms with Crippen LogP contribution < -0.4 is 5.32 Å². The zero-order valence-electron chi connectivity index (χ0n) is 12.1. The molecule has 1 aliphatic rings. The maximum Gasteiger partial charge on any atom is 0.156 e. The molecule has 1 saturated heterocycles. The summed E-state index contributed by atoms with van der Waals surface area (Å²) in [6, 6.07) is 11.2. The summed E-state index contributed by atoms with van der Waals surface area (Å²) in [5, 5.41) is 4.70. The first-order chi connectivity index (χ1) is 9.16. The fourth-order valence-electron chi connectivity index (χ4n) is 2.25. The van der Waals surface area contributed by atoms with Crippen molar-refractivity contribution in [1.29, 1.82) is 0 Å². The Balaban J connectivity index is 1.91. The minimum absolute atomic E-state index is 0.482. The molecule has 19 heavy (non-hydrogen) atoms. The molecule has 3 heteroatoms. The van der Waals surface area contributed by atoms with Gasteiger partial charge in [-0.2, -0.15) is 0 Å². The highest BCUT2D eigenvalue weighted by molar-refractivity contribution is 8.13. The van der Waals surface area contributed by atoms with E-state index >= 15 is 0 Å². The molecule has 1 fully saturated rings. The van der Waals surface area contributed by atoms with Crippen LogP contribution >= 0.6 is 11.8 Å². The van der Waals surface area contributed by atoms with Gasteiger partial charge in [-0.3, -0.25) is 4.99 Å². The second-order valence-corrected chi connectivity index (χ2v) is 6.67. The van der Waals surface area contributed by atoms with E-state index in [0.717, 1.165) is 11.7 Å². The molecule has 0 aliphatic carbocycles. The van der Waals surface area contributed by atoms with E-state index in [2.05, 4.69) is 56.4 Å². The molecule has 1 aromatic carbocycles. The summed E-state index contributed by atoms with van der Waals surface area (Å²) in [4.78, 5) is 4.76. The zero-order chi connectivity index (χ0) is 13.7. The summed E-state index contributed by atoms with van der Waals surface area (Å²) < 4.78 is 0. The first kappa shape index (κ1) is 14.4. The number of hydrogen-bond acceptors (Lipinski definition) is 2. The summed E-state index contributed by atoms with van der Waals surface area (Å²) >= 11 is 1.86. The molecule has 1 aromatic rings. The average Bonchev–Trinajstić information content (AvgIpc) is 2.46. The molecular weight excluding hydrogens is 252 g/mol. The van der Waals surface area contributed by atoms with Crippen LogP contribution in [-0.2, 0) is 0 Å². The maximum absolute atomic E-state index is 4.76. The van der Waals surface area contributed by atoms with Crippen LogP contribution in [0.3, 0.4) is 0 Å². The zero-order valence-corrected chi connectivity index (χ0v) is 12.9. The molecule has 0 amide bonds. The Labute approximate surface area is 121 Å². The fraction of sp³-hybridized carbons (Fsp3) is 0.562. The highest BCUT2D eigenvalue weighted by Gasteiger charge is 2.20. The molecule has 2 nitrogen and oxygen atoms in total. The number of nitrogens with one attached hydrogen (secondary N) is 1. The molecule has 2 rings (SSSR count). The molecule has 1 heterocycles. The number of hydrogen-bond donors (Lipinski definition) is 1.